The van der Waals surface area contributed by atoms with Crippen molar-refractivity contribution >= 4 is 11.9 Å². The van der Waals surface area contributed by atoms with Crippen LogP contribution in [0.4, 0.5) is 11.9 Å². The van der Waals surface area contributed by atoms with Gasteiger partial charge in [0, 0.05) is 14.1 Å². The van der Waals surface area contributed by atoms with Crippen molar-refractivity contribution in [3.05, 3.63) is 12.7 Å². The van der Waals surface area contributed by atoms with E-state index in [-0.39, 0.29) is 5.95 Å². The molecule has 0 radical (unpaired) electrons. The fourth-order valence-corrected chi connectivity index (χ4v) is 1.03. The largest absolute Gasteiger partial charge is 0.347 e. The van der Waals surface area contributed by atoms with E-state index in [2.05, 4.69) is 30.5 Å². The standard InChI is InChI=1S/C7H11N9/c1-15(2)6-11-5(14-8)12-7(13-6)16-4-9-3-10-16/h3-4H,8H2,1-2H3,(H,11,12,13,14). The SMILES string of the molecule is CN(C)c1nc(NN)nc(-n2cncn2)n1. The Morgan fingerprint density at radius 1 is 1.31 bits per heavy atom. The molecule has 2 heterocycles. The van der Waals surface area contributed by atoms with Gasteiger partial charge in [0.1, 0.15) is 12.7 Å². The number of hydrogen-bond acceptors (Lipinski definition) is 8. The van der Waals surface area contributed by atoms with Gasteiger partial charge in [0.25, 0.3) is 5.95 Å². The van der Waals surface area contributed by atoms with Crippen LogP contribution >= 0.6 is 0 Å². The van der Waals surface area contributed by atoms with Crippen LogP contribution in [-0.4, -0.2) is 43.8 Å². The number of nitrogen functional groups attached to an aromatic ring is 1. The maximum Gasteiger partial charge on any atom is 0.258 e. The van der Waals surface area contributed by atoms with Crippen LogP contribution in [0.1, 0.15) is 0 Å². The van der Waals surface area contributed by atoms with Crippen molar-refractivity contribution in [2.45, 2.75) is 0 Å². The Hall–Kier alpha value is -2.29. The van der Waals surface area contributed by atoms with E-state index in [0.717, 1.165) is 0 Å². The minimum Gasteiger partial charge on any atom is -0.347 e. The number of nitrogens with zero attached hydrogens (tertiary/aromatic N) is 7. The summed E-state index contributed by atoms with van der Waals surface area (Å²) in [4.78, 5) is 17.9. The Labute approximate surface area is 91.3 Å². The molecule has 2 rings (SSSR count). The summed E-state index contributed by atoms with van der Waals surface area (Å²) in [6.07, 6.45) is 2.89. The summed E-state index contributed by atoms with van der Waals surface area (Å²) in [6.45, 7) is 0. The zero-order valence-corrected chi connectivity index (χ0v) is 8.86. The molecule has 0 aliphatic rings. The van der Waals surface area contributed by atoms with Gasteiger partial charge in [-0.1, -0.05) is 0 Å². The molecule has 3 N–H and O–H groups in total. The van der Waals surface area contributed by atoms with Crippen molar-refractivity contribution in [1.82, 2.24) is 29.7 Å². The zero-order chi connectivity index (χ0) is 11.5. The van der Waals surface area contributed by atoms with Gasteiger partial charge in [0.15, 0.2) is 0 Å². The molecule has 0 saturated heterocycles. The van der Waals surface area contributed by atoms with E-state index in [1.165, 1.54) is 17.3 Å². The summed E-state index contributed by atoms with van der Waals surface area (Å²) < 4.78 is 1.43. The fraction of sp³-hybridized carbons (Fsp3) is 0.286. The molecule has 84 valence electrons. The second-order valence-electron chi connectivity index (χ2n) is 3.14. The van der Waals surface area contributed by atoms with Crippen LogP contribution in [0.15, 0.2) is 12.7 Å². The molecule has 0 aliphatic carbocycles. The first kappa shape index (κ1) is 10.2. The Morgan fingerprint density at radius 2 is 2.12 bits per heavy atom. The van der Waals surface area contributed by atoms with Gasteiger partial charge in [-0.3, -0.25) is 5.43 Å². The molecular weight excluding hydrogens is 210 g/mol. The third-order valence-corrected chi connectivity index (χ3v) is 1.76. The average molecular weight is 221 g/mol. The number of nitrogens with one attached hydrogen (secondary N) is 1. The highest BCUT2D eigenvalue weighted by atomic mass is 15.4. The smallest absolute Gasteiger partial charge is 0.258 e. The van der Waals surface area contributed by atoms with Gasteiger partial charge in [-0.15, -0.1) is 0 Å². The highest BCUT2D eigenvalue weighted by Gasteiger charge is 2.09. The quantitative estimate of drug-likeness (QED) is 0.491. The summed E-state index contributed by atoms with van der Waals surface area (Å²) in [7, 11) is 3.64. The fourth-order valence-electron chi connectivity index (χ4n) is 1.03. The van der Waals surface area contributed by atoms with Gasteiger partial charge in [-0.05, 0) is 0 Å². The van der Waals surface area contributed by atoms with Crippen LogP contribution in [0.2, 0.25) is 0 Å². The molecular formula is C7H11N9. The van der Waals surface area contributed by atoms with Crippen molar-refractivity contribution in [3.63, 3.8) is 0 Å². The van der Waals surface area contributed by atoms with E-state index in [4.69, 9.17) is 5.84 Å². The number of hydrogen-bond donors (Lipinski definition) is 2. The summed E-state index contributed by atoms with van der Waals surface area (Å²) in [5.41, 5.74) is 2.37. The van der Waals surface area contributed by atoms with Gasteiger partial charge in [0.05, 0.1) is 0 Å². The molecule has 0 aromatic carbocycles. The van der Waals surface area contributed by atoms with Gasteiger partial charge < -0.3 is 4.90 Å². The molecule has 0 fully saturated rings. The van der Waals surface area contributed by atoms with Gasteiger partial charge in [0.2, 0.25) is 11.9 Å². The molecule has 0 atom stereocenters. The van der Waals surface area contributed by atoms with E-state index < -0.39 is 0 Å². The highest BCUT2D eigenvalue weighted by Crippen LogP contribution is 2.09. The highest BCUT2D eigenvalue weighted by molar-refractivity contribution is 5.37. The Kier molecular flexibility index (Phi) is 2.60. The van der Waals surface area contributed by atoms with E-state index in [1.54, 1.807) is 4.90 Å². The third kappa shape index (κ3) is 1.88. The molecule has 0 saturated carbocycles. The van der Waals surface area contributed by atoms with E-state index in [1.807, 2.05) is 14.1 Å². The molecule has 9 heteroatoms. The van der Waals surface area contributed by atoms with Crippen LogP contribution in [-0.2, 0) is 0 Å². The summed E-state index contributed by atoms with van der Waals surface area (Å²) in [6, 6.07) is 0. The number of anilines is 2. The number of hydrazine groups is 1. The van der Waals surface area contributed by atoms with E-state index in [9.17, 15) is 0 Å². The number of nitrogens with two attached hydrogens (primary N) is 1. The minimum atomic E-state index is 0.268. The summed E-state index contributed by atoms with van der Waals surface area (Å²) in [5.74, 6) is 6.37. The molecule has 0 spiro atoms. The molecule has 0 amide bonds. The van der Waals surface area contributed by atoms with Crippen molar-refractivity contribution in [1.29, 1.82) is 0 Å². The molecule has 2 aromatic heterocycles. The third-order valence-electron chi connectivity index (χ3n) is 1.76. The molecule has 16 heavy (non-hydrogen) atoms. The zero-order valence-electron chi connectivity index (χ0n) is 8.86. The van der Waals surface area contributed by atoms with Crippen LogP contribution in [0.3, 0.4) is 0 Å². The normalized spacial score (nSPS) is 10.2. The van der Waals surface area contributed by atoms with Crippen LogP contribution in [0.25, 0.3) is 5.95 Å². The first-order valence-corrected chi connectivity index (χ1v) is 4.45. The lowest BCUT2D eigenvalue weighted by Crippen LogP contribution is -2.19. The monoisotopic (exact) mass is 221 g/mol. The maximum absolute atomic E-state index is 5.27. The van der Waals surface area contributed by atoms with Crippen molar-refractivity contribution in [2.24, 2.45) is 5.84 Å². The number of rotatable bonds is 3. The second-order valence-corrected chi connectivity index (χ2v) is 3.14. The van der Waals surface area contributed by atoms with E-state index in [0.29, 0.717) is 11.9 Å². The second kappa shape index (κ2) is 4.06. The lowest BCUT2D eigenvalue weighted by atomic mass is 10.7. The maximum atomic E-state index is 5.27. The summed E-state index contributed by atoms with van der Waals surface area (Å²) in [5, 5.41) is 3.93. The number of aromatic nitrogens is 6. The lowest BCUT2D eigenvalue weighted by molar-refractivity contribution is 0.787. The Morgan fingerprint density at radius 3 is 2.69 bits per heavy atom. The van der Waals surface area contributed by atoms with Crippen LogP contribution in [0.5, 0.6) is 0 Å². The molecule has 0 bridgehead atoms. The first-order valence-electron chi connectivity index (χ1n) is 4.45. The van der Waals surface area contributed by atoms with Crippen molar-refractivity contribution in [3.8, 4) is 5.95 Å². The average Bonchev–Trinajstić information content (AvgIpc) is 2.81. The Balaban J connectivity index is 2.49. The van der Waals surface area contributed by atoms with Crippen molar-refractivity contribution in [2.75, 3.05) is 24.4 Å². The van der Waals surface area contributed by atoms with Crippen LogP contribution in [0, 0.1) is 0 Å². The lowest BCUT2D eigenvalue weighted by Gasteiger charge is -2.11. The van der Waals surface area contributed by atoms with Crippen LogP contribution < -0.4 is 16.2 Å². The van der Waals surface area contributed by atoms with E-state index >= 15 is 0 Å². The minimum absolute atomic E-state index is 0.268. The topological polar surface area (TPSA) is 111 Å². The van der Waals surface area contributed by atoms with Gasteiger partial charge in [-0.25, -0.2) is 10.8 Å². The summed E-state index contributed by atoms with van der Waals surface area (Å²) >= 11 is 0. The molecule has 0 unspecified atom stereocenters. The Bertz CT molecular complexity index is 463. The van der Waals surface area contributed by atoms with Gasteiger partial charge >= 0.3 is 0 Å². The predicted octanol–water partition coefficient (Wildman–Crippen LogP) is -1.20. The first-order chi connectivity index (χ1) is 7.70. The van der Waals surface area contributed by atoms with Crippen molar-refractivity contribution < 1.29 is 0 Å². The predicted molar refractivity (Wildman–Crippen MR) is 56.9 cm³/mol. The molecule has 9 nitrogen and oxygen atoms in total. The molecule has 2 aromatic rings. The molecule has 0 aliphatic heterocycles. The van der Waals surface area contributed by atoms with Gasteiger partial charge in [-0.2, -0.15) is 24.7 Å².